The van der Waals surface area contributed by atoms with Crippen molar-refractivity contribution < 1.29 is 0 Å². The van der Waals surface area contributed by atoms with Crippen LogP contribution in [0, 0.1) is 0 Å². The van der Waals surface area contributed by atoms with Crippen molar-refractivity contribution in [2.45, 2.75) is 10.3 Å². The van der Waals surface area contributed by atoms with Gasteiger partial charge in [0.05, 0.1) is 0 Å². The lowest BCUT2D eigenvalue weighted by Crippen LogP contribution is -1.95. The molecule has 0 saturated carbocycles. The topological polar surface area (TPSA) is 90.7 Å². The highest BCUT2D eigenvalue weighted by atomic mass is 32.2. The zero-order valence-corrected chi connectivity index (χ0v) is 6.52. The Morgan fingerprint density at radius 1 is 1.10 bits per heavy atom. The largest absolute Gasteiger partial charge is 0.271 e. The zero-order chi connectivity index (χ0) is 7.40. The molecule has 0 radical (unpaired) electrons. The molecule has 5 nitrogen and oxygen atoms in total. The fourth-order valence-corrected chi connectivity index (χ4v) is 0.933. The van der Waals surface area contributed by atoms with Gasteiger partial charge in [-0.1, -0.05) is 0 Å². The van der Waals surface area contributed by atoms with Gasteiger partial charge in [-0.3, -0.25) is 10.3 Å². The summed E-state index contributed by atoms with van der Waals surface area (Å²) < 4.78 is 0. The predicted octanol–water partition coefficient (Wildman–Crippen LogP) is -0.197. The molecule has 0 aromatic carbocycles. The molecule has 0 atom stereocenters. The molecule has 1 rings (SSSR count). The van der Waals surface area contributed by atoms with Gasteiger partial charge in [-0.15, -0.1) is 0 Å². The number of hydrogen-bond acceptors (Lipinski definition) is 7. The van der Waals surface area contributed by atoms with Gasteiger partial charge in [0, 0.05) is 0 Å². The Kier molecular flexibility index (Phi) is 2.87. The molecule has 0 amide bonds. The van der Waals surface area contributed by atoms with E-state index in [9.17, 15) is 0 Å². The Hall–Kier alpha value is -0.370. The molecule has 0 spiro atoms. The van der Waals surface area contributed by atoms with Crippen molar-refractivity contribution >= 4 is 23.9 Å². The molecule has 54 valence electrons. The van der Waals surface area contributed by atoms with Crippen molar-refractivity contribution in [3.63, 3.8) is 0 Å². The van der Waals surface area contributed by atoms with Crippen molar-refractivity contribution in [2.24, 2.45) is 10.3 Å². The quantitative estimate of drug-likeness (QED) is 0.601. The van der Waals surface area contributed by atoms with Crippen LogP contribution < -0.4 is 10.3 Å². The minimum absolute atomic E-state index is 0.475. The summed E-state index contributed by atoms with van der Waals surface area (Å²) in [5.74, 6) is 0. The van der Waals surface area contributed by atoms with Crippen LogP contribution in [0.25, 0.3) is 0 Å². The van der Waals surface area contributed by atoms with E-state index < -0.39 is 0 Å². The predicted molar refractivity (Wildman–Crippen MR) is 39.9 cm³/mol. The van der Waals surface area contributed by atoms with Gasteiger partial charge in [0.25, 0.3) is 0 Å². The average molecular weight is 175 g/mol. The highest BCUT2D eigenvalue weighted by molar-refractivity contribution is 7.97. The van der Waals surface area contributed by atoms with Gasteiger partial charge in [-0.2, -0.15) is 4.98 Å². The normalized spacial score (nSPS) is 9.80. The summed E-state index contributed by atoms with van der Waals surface area (Å²) in [5, 5.41) is 11.3. The number of rotatable bonds is 2. The Morgan fingerprint density at radius 3 is 2.00 bits per heavy atom. The van der Waals surface area contributed by atoms with Crippen LogP contribution in [0.4, 0.5) is 0 Å². The molecule has 10 heavy (non-hydrogen) atoms. The van der Waals surface area contributed by atoms with Crippen molar-refractivity contribution in [2.75, 3.05) is 0 Å². The number of nitrogens with zero attached hydrogens (tertiary/aromatic N) is 3. The summed E-state index contributed by atoms with van der Waals surface area (Å²) in [4.78, 5) is 11.4. The molecule has 0 bridgehead atoms. The van der Waals surface area contributed by atoms with Crippen LogP contribution in [0.5, 0.6) is 0 Å². The van der Waals surface area contributed by atoms with E-state index in [2.05, 4.69) is 15.0 Å². The SMILES string of the molecule is NSc1ncnc(SN)n1. The average Bonchev–Trinajstić information content (AvgIpc) is 2.05. The molecule has 0 saturated heterocycles. The second-order valence-electron chi connectivity index (χ2n) is 1.29. The first-order chi connectivity index (χ1) is 4.86. The standard InChI is InChI=1S/C3H5N5S2/c4-9-2-6-1-7-3(8-2)10-5/h1H,4-5H2. The summed E-state index contributed by atoms with van der Waals surface area (Å²) >= 11 is 1.93. The van der Waals surface area contributed by atoms with Crippen molar-refractivity contribution in [1.29, 1.82) is 0 Å². The van der Waals surface area contributed by atoms with Crippen molar-refractivity contribution in [3.05, 3.63) is 6.33 Å². The van der Waals surface area contributed by atoms with Crippen LogP contribution in [-0.2, 0) is 0 Å². The Balaban J connectivity index is 2.87. The maximum atomic E-state index is 5.19. The van der Waals surface area contributed by atoms with Crippen LogP contribution in [0.1, 0.15) is 0 Å². The van der Waals surface area contributed by atoms with Crippen LogP contribution in [-0.4, -0.2) is 15.0 Å². The summed E-state index contributed by atoms with van der Waals surface area (Å²) in [5.41, 5.74) is 0. The summed E-state index contributed by atoms with van der Waals surface area (Å²) in [6.07, 6.45) is 1.37. The first-order valence-corrected chi connectivity index (χ1v) is 4.05. The highest BCUT2D eigenvalue weighted by Crippen LogP contribution is 2.07. The number of aromatic nitrogens is 3. The lowest BCUT2D eigenvalue weighted by Gasteiger charge is -1.93. The van der Waals surface area contributed by atoms with E-state index in [0.29, 0.717) is 10.3 Å². The molecule has 0 unspecified atom stereocenters. The third-order valence-electron chi connectivity index (χ3n) is 0.738. The van der Waals surface area contributed by atoms with E-state index in [1.54, 1.807) is 0 Å². The molecule has 0 aliphatic carbocycles. The van der Waals surface area contributed by atoms with Gasteiger partial charge in [0.2, 0.25) is 10.3 Å². The third kappa shape index (κ3) is 1.81. The van der Waals surface area contributed by atoms with Crippen molar-refractivity contribution in [1.82, 2.24) is 15.0 Å². The van der Waals surface area contributed by atoms with Crippen LogP contribution in [0.3, 0.4) is 0 Å². The fraction of sp³-hybridized carbons (Fsp3) is 0. The molecule has 0 fully saturated rings. The summed E-state index contributed by atoms with van der Waals surface area (Å²) in [7, 11) is 0. The monoisotopic (exact) mass is 175 g/mol. The maximum absolute atomic E-state index is 5.19. The lowest BCUT2D eigenvalue weighted by molar-refractivity contribution is 0.801. The molecule has 1 aromatic rings. The first-order valence-electron chi connectivity index (χ1n) is 2.29. The molecule has 0 aliphatic heterocycles. The molecular formula is C3H5N5S2. The van der Waals surface area contributed by atoms with Crippen LogP contribution >= 0.6 is 23.9 Å². The fourth-order valence-electron chi connectivity index (χ4n) is 0.381. The second kappa shape index (κ2) is 3.71. The van der Waals surface area contributed by atoms with E-state index in [4.69, 9.17) is 10.3 Å². The van der Waals surface area contributed by atoms with Gasteiger partial charge in [0.1, 0.15) is 6.33 Å². The minimum atomic E-state index is 0.475. The molecule has 0 aliphatic rings. The minimum Gasteiger partial charge on any atom is -0.271 e. The first kappa shape index (κ1) is 7.73. The molecule has 1 aromatic heterocycles. The van der Waals surface area contributed by atoms with Crippen molar-refractivity contribution in [3.8, 4) is 0 Å². The third-order valence-corrected chi connectivity index (χ3v) is 1.55. The Morgan fingerprint density at radius 2 is 1.60 bits per heavy atom. The van der Waals surface area contributed by atoms with Gasteiger partial charge in [0.15, 0.2) is 0 Å². The number of nitrogens with two attached hydrogens (primary N) is 2. The molecule has 1 heterocycles. The smallest absolute Gasteiger partial charge is 0.206 e. The van der Waals surface area contributed by atoms with Crippen LogP contribution in [0.2, 0.25) is 0 Å². The van der Waals surface area contributed by atoms with Gasteiger partial charge >= 0.3 is 0 Å². The number of hydrogen-bond donors (Lipinski definition) is 2. The van der Waals surface area contributed by atoms with E-state index in [1.165, 1.54) is 6.33 Å². The Labute approximate surface area is 66.3 Å². The summed E-state index contributed by atoms with van der Waals surface area (Å²) in [6, 6.07) is 0. The lowest BCUT2D eigenvalue weighted by atomic mass is 11.1. The molecule has 7 heteroatoms. The van der Waals surface area contributed by atoms with Crippen LogP contribution in [0.15, 0.2) is 16.6 Å². The van der Waals surface area contributed by atoms with Gasteiger partial charge < -0.3 is 0 Å². The summed E-state index contributed by atoms with van der Waals surface area (Å²) in [6.45, 7) is 0. The van der Waals surface area contributed by atoms with E-state index >= 15 is 0 Å². The van der Waals surface area contributed by atoms with E-state index in [0.717, 1.165) is 23.9 Å². The molecule has 4 N–H and O–H groups in total. The highest BCUT2D eigenvalue weighted by Gasteiger charge is 1.96. The zero-order valence-electron chi connectivity index (χ0n) is 4.89. The van der Waals surface area contributed by atoms with Gasteiger partial charge in [-0.05, 0) is 23.9 Å². The van der Waals surface area contributed by atoms with E-state index in [1.807, 2.05) is 0 Å². The maximum Gasteiger partial charge on any atom is 0.206 e. The van der Waals surface area contributed by atoms with E-state index in [-0.39, 0.29) is 0 Å². The van der Waals surface area contributed by atoms with Gasteiger partial charge in [-0.25, -0.2) is 9.97 Å². The second-order valence-corrected chi connectivity index (χ2v) is 2.49. The Bertz CT molecular complexity index is 197. The molecular weight excluding hydrogens is 170 g/mol.